The third-order valence-electron chi connectivity index (χ3n) is 4.21. The molecular formula is C20H33N3O2. The van der Waals surface area contributed by atoms with Crippen LogP contribution in [0.5, 0.6) is 0 Å². The van der Waals surface area contributed by atoms with Gasteiger partial charge in [-0.2, -0.15) is 0 Å². The predicted octanol–water partition coefficient (Wildman–Crippen LogP) is 3.11. The Balaban J connectivity index is 2.02. The zero-order valence-corrected chi connectivity index (χ0v) is 16.3. The average Bonchev–Trinajstić information content (AvgIpc) is 2.52. The van der Waals surface area contributed by atoms with Gasteiger partial charge in [0.2, 0.25) is 0 Å². The van der Waals surface area contributed by atoms with Crippen LogP contribution in [-0.2, 0) is 11.3 Å². The second-order valence-corrected chi connectivity index (χ2v) is 8.11. The van der Waals surface area contributed by atoms with Gasteiger partial charge in [-0.15, -0.1) is 0 Å². The molecule has 140 valence electrons. The van der Waals surface area contributed by atoms with E-state index in [0.29, 0.717) is 12.6 Å². The van der Waals surface area contributed by atoms with Crippen LogP contribution in [0.15, 0.2) is 30.3 Å². The Morgan fingerprint density at radius 1 is 1.24 bits per heavy atom. The van der Waals surface area contributed by atoms with Crippen LogP contribution >= 0.6 is 0 Å². The normalized spacial score (nSPS) is 19.3. The summed E-state index contributed by atoms with van der Waals surface area (Å²) in [7, 11) is 0. The van der Waals surface area contributed by atoms with E-state index in [0.717, 1.165) is 26.2 Å². The van der Waals surface area contributed by atoms with Crippen molar-refractivity contribution in [2.24, 2.45) is 0 Å². The zero-order chi connectivity index (χ0) is 18.4. The topological polar surface area (TPSA) is 44.8 Å². The highest BCUT2D eigenvalue weighted by Gasteiger charge is 2.33. The maximum absolute atomic E-state index is 12.6. The largest absolute Gasteiger partial charge is 0.444 e. The number of nitrogens with zero attached hydrogens (tertiary/aromatic N) is 2. The minimum absolute atomic E-state index is 0.120. The molecule has 1 atom stereocenters. The molecule has 1 fully saturated rings. The molecule has 0 spiro atoms. The van der Waals surface area contributed by atoms with Crippen molar-refractivity contribution in [2.75, 3.05) is 26.2 Å². The quantitative estimate of drug-likeness (QED) is 0.889. The molecule has 0 bridgehead atoms. The molecule has 0 saturated carbocycles. The minimum atomic E-state index is -0.464. The molecule has 1 saturated heterocycles. The highest BCUT2D eigenvalue weighted by Crippen LogP contribution is 2.17. The van der Waals surface area contributed by atoms with Crippen molar-refractivity contribution in [1.29, 1.82) is 0 Å². The first kappa shape index (κ1) is 19.7. The number of benzene rings is 1. The Kier molecular flexibility index (Phi) is 6.85. The van der Waals surface area contributed by atoms with E-state index in [1.807, 2.05) is 31.7 Å². The molecule has 1 aliphatic heterocycles. The summed E-state index contributed by atoms with van der Waals surface area (Å²) in [5, 5.41) is 3.47. The summed E-state index contributed by atoms with van der Waals surface area (Å²) in [4.78, 5) is 16.9. The maximum Gasteiger partial charge on any atom is 0.410 e. The SMILES string of the molecule is CC(C)NC[C@@H]1CN(Cc2ccccc2)CCN1C(=O)OC(C)(C)C. The Bertz CT molecular complexity index is 540. The van der Waals surface area contributed by atoms with Gasteiger partial charge in [-0.25, -0.2) is 4.79 Å². The Hall–Kier alpha value is -1.59. The van der Waals surface area contributed by atoms with Crippen LogP contribution in [0, 0.1) is 0 Å². The second-order valence-electron chi connectivity index (χ2n) is 8.11. The first-order chi connectivity index (χ1) is 11.7. The van der Waals surface area contributed by atoms with Gasteiger partial charge in [0.05, 0.1) is 6.04 Å². The number of carbonyl (C=O) groups is 1. The monoisotopic (exact) mass is 347 g/mol. The van der Waals surface area contributed by atoms with Crippen molar-refractivity contribution in [3.63, 3.8) is 0 Å². The van der Waals surface area contributed by atoms with Gasteiger partial charge in [-0.05, 0) is 26.3 Å². The molecular weight excluding hydrogens is 314 g/mol. The van der Waals surface area contributed by atoms with E-state index in [1.165, 1.54) is 5.56 Å². The summed E-state index contributed by atoms with van der Waals surface area (Å²) in [5.74, 6) is 0. The van der Waals surface area contributed by atoms with Crippen LogP contribution in [0.4, 0.5) is 4.79 Å². The van der Waals surface area contributed by atoms with Gasteiger partial charge in [-0.1, -0.05) is 44.2 Å². The van der Waals surface area contributed by atoms with E-state index in [1.54, 1.807) is 0 Å². The Morgan fingerprint density at radius 2 is 1.92 bits per heavy atom. The van der Waals surface area contributed by atoms with Gasteiger partial charge < -0.3 is 15.0 Å². The fraction of sp³-hybridized carbons (Fsp3) is 0.650. The lowest BCUT2D eigenvalue weighted by molar-refractivity contribution is -0.00253. The fourth-order valence-corrected chi connectivity index (χ4v) is 3.01. The lowest BCUT2D eigenvalue weighted by Gasteiger charge is -2.42. The van der Waals surface area contributed by atoms with Crippen LogP contribution in [0.3, 0.4) is 0 Å². The molecule has 1 N–H and O–H groups in total. The first-order valence-electron chi connectivity index (χ1n) is 9.24. The molecule has 0 aliphatic carbocycles. The van der Waals surface area contributed by atoms with Gasteiger partial charge >= 0.3 is 6.09 Å². The summed E-state index contributed by atoms with van der Waals surface area (Å²) in [6.07, 6.45) is -0.206. The third-order valence-corrected chi connectivity index (χ3v) is 4.21. The second kappa shape index (κ2) is 8.68. The number of hydrogen-bond acceptors (Lipinski definition) is 4. The van der Waals surface area contributed by atoms with E-state index in [4.69, 9.17) is 4.74 Å². The number of amides is 1. The number of ether oxygens (including phenoxy) is 1. The van der Waals surface area contributed by atoms with E-state index in [-0.39, 0.29) is 12.1 Å². The van der Waals surface area contributed by atoms with Crippen molar-refractivity contribution < 1.29 is 9.53 Å². The molecule has 1 heterocycles. The standard InChI is InChI=1S/C20H33N3O2/c1-16(2)21-13-18-15-22(14-17-9-7-6-8-10-17)11-12-23(18)19(24)25-20(3,4)5/h6-10,16,18,21H,11-15H2,1-5H3/t18-/m1/s1. The Labute approximate surface area is 152 Å². The van der Waals surface area contributed by atoms with Gasteiger partial charge in [0, 0.05) is 38.8 Å². The number of piperazine rings is 1. The lowest BCUT2D eigenvalue weighted by atomic mass is 10.1. The van der Waals surface area contributed by atoms with Gasteiger partial charge in [0.1, 0.15) is 5.60 Å². The van der Waals surface area contributed by atoms with Crippen molar-refractivity contribution in [2.45, 2.75) is 58.8 Å². The summed E-state index contributed by atoms with van der Waals surface area (Å²) in [6.45, 7) is 14.1. The van der Waals surface area contributed by atoms with Crippen molar-refractivity contribution in [3.05, 3.63) is 35.9 Å². The van der Waals surface area contributed by atoms with Crippen molar-refractivity contribution >= 4 is 6.09 Å². The summed E-state index contributed by atoms with van der Waals surface area (Å²) in [6, 6.07) is 11.0. The lowest BCUT2D eigenvalue weighted by Crippen LogP contribution is -2.59. The smallest absolute Gasteiger partial charge is 0.410 e. The van der Waals surface area contributed by atoms with E-state index in [2.05, 4.69) is 48.3 Å². The van der Waals surface area contributed by atoms with Crippen molar-refractivity contribution in [1.82, 2.24) is 15.1 Å². The average molecular weight is 348 g/mol. The summed E-state index contributed by atoms with van der Waals surface area (Å²) in [5.41, 5.74) is 0.845. The number of carbonyl (C=O) groups excluding carboxylic acids is 1. The summed E-state index contributed by atoms with van der Waals surface area (Å²) >= 11 is 0. The van der Waals surface area contributed by atoms with Crippen LogP contribution in [-0.4, -0.2) is 59.8 Å². The molecule has 0 radical (unpaired) electrons. The molecule has 25 heavy (non-hydrogen) atoms. The van der Waals surface area contributed by atoms with Crippen LogP contribution in [0.2, 0.25) is 0 Å². The number of rotatable bonds is 5. The molecule has 0 unspecified atom stereocenters. The van der Waals surface area contributed by atoms with Crippen LogP contribution in [0.25, 0.3) is 0 Å². The zero-order valence-electron chi connectivity index (χ0n) is 16.3. The van der Waals surface area contributed by atoms with E-state index >= 15 is 0 Å². The highest BCUT2D eigenvalue weighted by molar-refractivity contribution is 5.68. The molecule has 1 aliphatic rings. The number of hydrogen-bond donors (Lipinski definition) is 1. The molecule has 5 nitrogen and oxygen atoms in total. The van der Waals surface area contributed by atoms with Crippen molar-refractivity contribution in [3.8, 4) is 0 Å². The molecule has 1 aromatic rings. The van der Waals surface area contributed by atoms with Crippen LogP contribution < -0.4 is 5.32 Å². The molecule has 2 rings (SSSR count). The molecule has 1 aromatic carbocycles. The summed E-state index contributed by atoms with van der Waals surface area (Å²) < 4.78 is 5.61. The molecule has 5 heteroatoms. The number of nitrogens with one attached hydrogen (secondary N) is 1. The highest BCUT2D eigenvalue weighted by atomic mass is 16.6. The molecule has 1 amide bonds. The van der Waals surface area contributed by atoms with Gasteiger partial charge in [0.25, 0.3) is 0 Å². The van der Waals surface area contributed by atoms with E-state index in [9.17, 15) is 4.79 Å². The van der Waals surface area contributed by atoms with Crippen LogP contribution in [0.1, 0.15) is 40.2 Å². The maximum atomic E-state index is 12.6. The fourth-order valence-electron chi connectivity index (χ4n) is 3.01. The van der Waals surface area contributed by atoms with Gasteiger partial charge in [0.15, 0.2) is 0 Å². The first-order valence-corrected chi connectivity index (χ1v) is 9.24. The third kappa shape index (κ3) is 6.67. The predicted molar refractivity (Wildman–Crippen MR) is 102 cm³/mol. The Morgan fingerprint density at radius 3 is 2.52 bits per heavy atom. The molecule has 0 aromatic heterocycles. The van der Waals surface area contributed by atoms with Gasteiger partial charge in [-0.3, -0.25) is 4.90 Å². The van der Waals surface area contributed by atoms with E-state index < -0.39 is 5.60 Å². The minimum Gasteiger partial charge on any atom is -0.444 e.